The first-order valence-electron chi connectivity index (χ1n) is 7.71. The molecule has 134 valence electrons. The van der Waals surface area contributed by atoms with Crippen molar-refractivity contribution in [2.75, 3.05) is 7.11 Å². The molecule has 4 nitrogen and oxygen atoms in total. The maximum absolute atomic E-state index is 13.8. The first-order chi connectivity index (χ1) is 12.5. The minimum atomic E-state index is -2.93. The van der Waals surface area contributed by atoms with Crippen molar-refractivity contribution in [3.8, 4) is 5.75 Å². The summed E-state index contributed by atoms with van der Waals surface area (Å²) < 4.78 is 33.8. The molecule has 0 saturated carbocycles. The molecule has 1 aromatic heterocycles. The number of hydrogen-bond donors (Lipinski definition) is 0. The summed E-state index contributed by atoms with van der Waals surface area (Å²) in [6.07, 6.45) is -2.62. The van der Waals surface area contributed by atoms with Crippen molar-refractivity contribution < 1.29 is 23.1 Å². The Hall–Kier alpha value is -2.73. The third-order valence-corrected chi connectivity index (χ3v) is 4.36. The number of rotatable bonds is 5. The number of carbonyl (C=O) groups excluding carboxylic acids is 2. The minimum Gasteiger partial charge on any atom is -0.497 e. The van der Waals surface area contributed by atoms with Crippen LogP contribution < -0.4 is 4.74 Å². The molecule has 0 radical (unpaired) electrons. The van der Waals surface area contributed by atoms with E-state index in [-0.39, 0.29) is 23.1 Å². The van der Waals surface area contributed by atoms with Gasteiger partial charge in [0.2, 0.25) is 0 Å². The molecule has 0 saturated heterocycles. The Morgan fingerprint density at radius 1 is 1.23 bits per heavy atom. The number of halogens is 3. The Balaban J connectivity index is 2.32. The lowest BCUT2D eigenvalue weighted by molar-refractivity contribution is -0.107. The van der Waals surface area contributed by atoms with E-state index in [1.807, 2.05) is 0 Å². The third kappa shape index (κ3) is 3.08. The number of aromatic nitrogens is 1. The lowest BCUT2D eigenvalue weighted by Gasteiger charge is -2.10. The second-order valence-electron chi connectivity index (χ2n) is 5.57. The van der Waals surface area contributed by atoms with Gasteiger partial charge in [-0.15, -0.1) is 0 Å². The molecule has 0 aliphatic carbocycles. The molecular weight excluding hydrogens is 364 g/mol. The summed E-state index contributed by atoms with van der Waals surface area (Å²) in [5, 5.41) is 0.813. The molecule has 26 heavy (non-hydrogen) atoms. The van der Waals surface area contributed by atoms with E-state index in [0.717, 1.165) is 4.57 Å². The van der Waals surface area contributed by atoms with Gasteiger partial charge in [-0.05, 0) is 48.0 Å². The number of benzene rings is 2. The van der Waals surface area contributed by atoms with Crippen LogP contribution in [0.25, 0.3) is 10.9 Å². The van der Waals surface area contributed by atoms with Crippen LogP contribution in [-0.4, -0.2) is 23.9 Å². The quantitative estimate of drug-likeness (QED) is 0.607. The van der Waals surface area contributed by atoms with Gasteiger partial charge in [-0.25, -0.2) is 8.78 Å². The first-order valence-corrected chi connectivity index (χ1v) is 8.09. The SMILES string of the molecule is COc1ccc2c(c1)c(CC=O)c(C(F)F)n2C(=O)c1ccc(Cl)cc1. The molecule has 3 aromatic rings. The maximum Gasteiger partial charge on any atom is 0.279 e. The van der Waals surface area contributed by atoms with Crippen molar-refractivity contribution in [1.82, 2.24) is 4.57 Å². The zero-order chi connectivity index (χ0) is 18.8. The Kier molecular flexibility index (Phi) is 5.04. The molecule has 0 amide bonds. The van der Waals surface area contributed by atoms with Gasteiger partial charge in [0, 0.05) is 22.4 Å². The highest BCUT2D eigenvalue weighted by atomic mass is 35.5. The summed E-state index contributed by atoms with van der Waals surface area (Å²) in [6.45, 7) is 0. The van der Waals surface area contributed by atoms with Gasteiger partial charge in [0.15, 0.2) is 0 Å². The molecule has 0 unspecified atom stereocenters. The number of hydrogen-bond acceptors (Lipinski definition) is 3. The summed E-state index contributed by atoms with van der Waals surface area (Å²) in [5.41, 5.74) is 0.131. The van der Waals surface area contributed by atoms with Crippen LogP contribution in [0, 0.1) is 0 Å². The highest BCUT2D eigenvalue weighted by Gasteiger charge is 2.27. The van der Waals surface area contributed by atoms with E-state index < -0.39 is 18.0 Å². The summed E-state index contributed by atoms with van der Waals surface area (Å²) in [7, 11) is 1.45. The lowest BCUT2D eigenvalue weighted by Crippen LogP contribution is -2.16. The van der Waals surface area contributed by atoms with E-state index in [0.29, 0.717) is 22.4 Å². The molecule has 0 N–H and O–H groups in total. The third-order valence-electron chi connectivity index (χ3n) is 4.11. The van der Waals surface area contributed by atoms with Gasteiger partial charge in [0.05, 0.1) is 18.3 Å². The van der Waals surface area contributed by atoms with Crippen LogP contribution in [0.1, 0.15) is 28.0 Å². The van der Waals surface area contributed by atoms with E-state index in [9.17, 15) is 18.4 Å². The number of alkyl halides is 2. The number of methoxy groups -OCH3 is 1. The molecule has 7 heteroatoms. The zero-order valence-electron chi connectivity index (χ0n) is 13.7. The number of ether oxygens (including phenoxy) is 1. The number of nitrogens with zero attached hydrogens (tertiary/aromatic N) is 1. The second-order valence-corrected chi connectivity index (χ2v) is 6.00. The Morgan fingerprint density at radius 2 is 1.92 bits per heavy atom. The topological polar surface area (TPSA) is 48.3 Å². The molecule has 1 heterocycles. The van der Waals surface area contributed by atoms with Crippen molar-refractivity contribution in [2.45, 2.75) is 12.8 Å². The van der Waals surface area contributed by atoms with Crippen LogP contribution in [-0.2, 0) is 11.2 Å². The normalized spacial score (nSPS) is 11.1. The van der Waals surface area contributed by atoms with Crippen molar-refractivity contribution in [3.05, 3.63) is 64.3 Å². The van der Waals surface area contributed by atoms with Gasteiger partial charge in [-0.2, -0.15) is 0 Å². The summed E-state index contributed by atoms with van der Waals surface area (Å²) >= 11 is 5.83. The molecule has 2 aromatic carbocycles. The second kappa shape index (κ2) is 7.25. The minimum absolute atomic E-state index is 0.117. The molecule has 0 bridgehead atoms. The summed E-state index contributed by atoms with van der Waals surface area (Å²) in [5.74, 6) is -0.175. The fourth-order valence-electron chi connectivity index (χ4n) is 2.95. The van der Waals surface area contributed by atoms with Crippen molar-refractivity contribution in [2.24, 2.45) is 0 Å². The monoisotopic (exact) mass is 377 g/mol. The van der Waals surface area contributed by atoms with E-state index in [2.05, 4.69) is 0 Å². The number of fused-ring (bicyclic) bond motifs is 1. The zero-order valence-corrected chi connectivity index (χ0v) is 14.5. The molecule has 0 fully saturated rings. The fourth-order valence-corrected chi connectivity index (χ4v) is 3.08. The predicted octanol–water partition coefficient (Wildman–Crippen LogP) is 4.67. The maximum atomic E-state index is 13.8. The Labute approximate surface area is 152 Å². The van der Waals surface area contributed by atoms with Crippen LogP contribution in [0.3, 0.4) is 0 Å². The van der Waals surface area contributed by atoms with Crippen molar-refractivity contribution in [1.29, 1.82) is 0 Å². The molecule has 0 aliphatic rings. The van der Waals surface area contributed by atoms with Gasteiger partial charge >= 0.3 is 0 Å². The summed E-state index contributed by atoms with van der Waals surface area (Å²) in [4.78, 5) is 24.0. The highest BCUT2D eigenvalue weighted by molar-refractivity contribution is 6.30. The van der Waals surface area contributed by atoms with E-state index in [1.54, 1.807) is 12.1 Å². The average Bonchev–Trinajstić information content (AvgIpc) is 2.96. The van der Waals surface area contributed by atoms with E-state index in [1.165, 1.54) is 37.4 Å². The smallest absolute Gasteiger partial charge is 0.279 e. The van der Waals surface area contributed by atoms with E-state index >= 15 is 0 Å². The van der Waals surface area contributed by atoms with Gasteiger partial charge in [0.25, 0.3) is 12.3 Å². The van der Waals surface area contributed by atoms with Gasteiger partial charge in [-0.1, -0.05) is 11.6 Å². The van der Waals surface area contributed by atoms with E-state index in [4.69, 9.17) is 16.3 Å². The van der Waals surface area contributed by atoms with Crippen LogP contribution in [0.2, 0.25) is 5.02 Å². The van der Waals surface area contributed by atoms with Crippen LogP contribution in [0.5, 0.6) is 5.75 Å². The lowest BCUT2D eigenvalue weighted by atomic mass is 10.1. The number of aldehydes is 1. The largest absolute Gasteiger partial charge is 0.497 e. The van der Waals surface area contributed by atoms with Crippen LogP contribution in [0.15, 0.2) is 42.5 Å². The van der Waals surface area contributed by atoms with Gasteiger partial charge in [0.1, 0.15) is 12.0 Å². The van der Waals surface area contributed by atoms with Crippen molar-refractivity contribution >= 4 is 34.7 Å². The van der Waals surface area contributed by atoms with Crippen LogP contribution >= 0.6 is 11.6 Å². The molecule has 0 atom stereocenters. The fraction of sp³-hybridized carbons (Fsp3) is 0.158. The first kappa shape index (κ1) is 18.1. The molecule has 0 spiro atoms. The molecule has 0 aliphatic heterocycles. The molecular formula is C19H14ClF2NO3. The molecule has 3 rings (SSSR count). The number of carbonyl (C=O) groups is 2. The highest BCUT2D eigenvalue weighted by Crippen LogP contribution is 2.35. The predicted molar refractivity (Wildman–Crippen MR) is 94.4 cm³/mol. The average molecular weight is 378 g/mol. The summed E-state index contributed by atoms with van der Waals surface area (Å²) in [6, 6.07) is 10.6. The van der Waals surface area contributed by atoms with Crippen LogP contribution in [0.4, 0.5) is 8.78 Å². The Bertz CT molecular complexity index is 981. The standard InChI is InChI=1S/C19H14ClF2NO3/c1-26-13-6-7-16-15(10-13)14(8-9-24)17(18(21)22)23(16)19(25)11-2-4-12(20)5-3-11/h2-7,9-10,18H,8H2,1H3. The Morgan fingerprint density at radius 3 is 2.50 bits per heavy atom. The van der Waals surface area contributed by atoms with Crippen molar-refractivity contribution in [3.63, 3.8) is 0 Å². The van der Waals surface area contributed by atoms with Gasteiger partial charge in [-0.3, -0.25) is 9.36 Å². The van der Waals surface area contributed by atoms with Gasteiger partial charge < -0.3 is 9.53 Å².